The zero-order chi connectivity index (χ0) is 12.4. The third kappa shape index (κ3) is 1.90. The van der Waals surface area contributed by atoms with Crippen molar-refractivity contribution in [3.8, 4) is 6.07 Å². The van der Waals surface area contributed by atoms with Crippen molar-refractivity contribution in [2.75, 3.05) is 7.11 Å². The zero-order valence-electron chi connectivity index (χ0n) is 9.03. The highest BCUT2D eigenvalue weighted by molar-refractivity contribution is 9.10. The van der Waals surface area contributed by atoms with Crippen molar-refractivity contribution in [1.82, 2.24) is 0 Å². The number of methoxy groups -OCH3 is 1. The van der Waals surface area contributed by atoms with Crippen LogP contribution in [-0.4, -0.2) is 13.1 Å². The second kappa shape index (κ2) is 4.56. The Morgan fingerprint density at radius 3 is 2.59 bits per heavy atom. The van der Waals surface area contributed by atoms with Crippen LogP contribution in [0.1, 0.15) is 15.9 Å². The van der Waals surface area contributed by atoms with Crippen LogP contribution in [0.3, 0.4) is 0 Å². The summed E-state index contributed by atoms with van der Waals surface area (Å²) < 4.78 is 5.42. The summed E-state index contributed by atoms with van der Waals surface area (Å²) in [5.41, 5.74) is 0.826. The molecule has 0 radical (unpaired) electrons. The molecule has 0 N–H and O–H groups in total. The monoisotopic (exact) mass is 289 g/mol. The fourth-order valence-corrected chi connectivity index (χ4v) is 2.25. The van der Waals surface area contributed by atoms with Crippen molar-refractivity contribution < 1.29 is 9.53 Å². The Labute approximate surface area is 107 Å². The highest BCUT2D eigenvalue weighted by Crippen LogP contribution is 2.30. The number of nitrogens with zero attached hydrogens (tertiary/aromatic N) is 1. The summed E-state index contributed by atoms with van der Waals surface area (Å²) in [5, 5.41) is 10.6. The van der Waals surface area contributed by atoms with E-state index in [-0.39, 0.29) is 0 Å². The molecule has 0 fully saturated rings. The molecule has 0 aliphatic rings. The second-order valence-corrected chi connectivity index (χ2v) is 4.23. The lowest BCUT2D eigenvalue weighted by Gasteiger charge is -2.08. The highest BCUT2D eigenvalue weighted by Gasteiger charge is 2.15. The van der Waals surface area contributed by atoms with E-state index in [9.17, 15) is 4.79 Å². The molecule has 0 bridgehead atoms. The van der Waals surface area contributed by atoms with Gasteiger partial charge in [0.2, 0.25) is 0 Å². The fraction of sp³-hybridized carbons (Fsp3) is 0.0769. The van der Waals surface area contributed by atoms with E-state index in [0.717, 1.165) is 10.8 Å². The van der Waals surface area contributed by atoms with Crippen molar-refractivity contribution in [3.63, 3.8) is 0 Å². The van der Waals surface area contributed by atoms with E-state index in [4.69, 9.17) is 10.00 Å². The molecule has 0 saturated heterocycles. The Morgan fingerprint density at radius 2 is 2.00 bits per heavy atom. The maximum Gasteiger partial charge on any atom is 0.338 e. The van der Waals surface area contributed by atoms with E-state index in [0.29, 0.717) is 15.6 Å². The molecule has 0 spiro atoms. The van der Waals surface area contributed by atoms with Gasteiger partial charge in [-0.3, -0.25) is 0 Å². The number of hydrogen-bond acceptors (Lipinski definition) is 3. The number of carbonyl (C=O) groups is 1. The molecule has 84 valence electrons. The third-order valence-corrected chi connectivity index (χ3v) is 3.36. The zero-order valence-corrected chi connectivity index (χ0v) is 10.6. The lowest BCUT2D eigenvalue weighted by atomic mass is 10.0. The van der Waals surface area contributed by atoms with Crippen LogP contribution < -0.4 is 0 Å². The summed E-state index contributed by atoms with van der Waals surface area (Å²) in [5.74, 6) is -0.440. The number of ether oxygens (including phenoxy) is 1. The van der Waals surface area contributed by atoms with Crippen LogP contribution in [0, 0.1) is 11.3 Å². The molecule has 0 aliphatic heterocycles. The van der Waals surface area contributed by atoms with E-state index >= 15 is 0 Å². The quantitative estimate of drug-likeness (QED) is 0.757. The van der Waals surface area contributed by atoms with Gasteiger partial charge in [0.25, 0.3) is 0 Å². The maximum absolute atomic E-state index is 11.7. The predicted molar refractivity (Wildman–Crippen MR) is 67.7 cm³/mol. The minimum absolute atomic E-state index is 0.405. The first-order chi connectivity index (χ1) is 8.19. The van der Waals surface area contributed by atoms with Crippen molar-refractivity contribution in [2.45, 2.75) is 0 Å². The molecule has 2 aromatic carbocycles. The van der Waals surface area contributed by atoms with Gasteiger partial charge in [-0.05, 0) is 32.8 Å². The number of benzene rings is 2. The van der Waals surface area contributed by atoms with E-state index in [1.165, 1.54) is 13.2 Å². The fourth-order valence-electron chi connectivity index (χ4n) is 1.70. The largest absolute Gasteiger partial charge is 0.465 e. The van der Waals surface area contributed by atoms with Gasteiger partial charge in [-0.1, -0.05) is 24.3 Å². The third-order valence-electron chi connectivity index (χ3n) is 2.50. The predicted octanol–water partition coefficient (Wildman–Crippen LogP) is 3.26. The van der Waals surface area contributed by atoms with Crippen LogP contribution in [0.15, 0.2) is 34.8 Å². The number of esters is 1. The summed E-state index contributed by atoms with van der Waals surface area (Å²) >= 11 is 3.37. The first-order valence-electron chi connectivity index (χ1n) is 4.88. The molecule has 0 atom stereocenters. The lowest BCUT2D eigenvalue weighted by Crippen LogP contribution is -2.03. The molecular weight excluding hydrogens is 282 g/mol. The molecule has 0 amide bonds. The van der Waals surface area contributed by atoms with Gasteiger partial charge in [0.1, 0.15) is 6.07 Å². The summed E-state index contributed by atoms with van der Waals surface area (Å²) in [4.78, 5) is 11.7. The van der Waals surface area contributed by atoms with Gasteiger partial charge in [0.15, 0.2) is 0 Å². The summed E-state index contributed by atoms with van der Waals surface area (Å²) in [6.45, 7) is 0. The Hall–Kier alpha value is -1.86. The SMILES string of the molecule is COC(=O)c1cc(C#N)c(Br)c2ccccc12. The number of halogens is 1. The maximum atomic E-state index is 11.7. The van der Waals surface area contributed by atoms with Crippen LogP contribution in [0.5, 0.6) is 0 Å². The Balaban J connectivity index is 2.89. The topological polar surface area (TPSA) is 50.1 Å². The van der Waals surface area contributed by atoms with Gasteiger partial charge < -0.3 is 4.74 Å². The highest BCUT2D eigenvalue weighted by atomic mass is 79.9. The molecule has 0 aliphatic carbocycles. The van der Waals surface area contributed by atoms with Crippen molar-refractivity contribution >= 4 is 32.7 Å². The Morgan fingerprint density at radius 1 is 1.35 bits per heavy atom. The van der Waals surface area contributed by atoms with Gasteiger partial charge in [-0.2, -0.15) is 5.26 Å². The molecule has 0 aromatic heterocycles. The van der Waals surface area contributed by atoms with Crippen LogP contribution in [0.4, 0.5) is 0 Å². The second-order valence-electron chi connectivity index (χ2n) is 3.43. The van der Waals surface area contributed by atoms with Crippen LogP contribution in [0.25, 0.3) is 10.8 Å². The first kappa shape index (κ1) is 11.6. The molecule has 2 rings (SSSR count). The number of carbonyl (C=O) groups excluding carboxylic acids is 1. The van der Waals surface area contributed by atoms with Gasteiger partial charge in [0.05, 0.1) is 18.2 Å². The summed E-state index contributed by atoms with van der Waals surface area (Å²) in [6.07, 6.45) is 0. The van der Waals surface area contributed by atoms with Crippen LogP contribution in [0.2, 0.25) is 0 Å². The summed E-state index contributed by atoms with van der Waals surface area (Å²) in [7, 11) is 1.32. The minimum Gasteiger partial charge on any atom is -0.465 e. The Kier molecular flexibility index (Phi) is 3.12. The number of fused-ring (bicyclic) bond motifs is 1. The molecule has 2 aromatic rings. The van der Waals surface area contributed by atoms with E-state index in [2.05, 4.69) is 22.0 Å². The average Bonchev–Trinajstić information content (AvgIpc) is 2.38. The lowest BCUT2D eigenvalue weighted by molar-refractivity contribution is 0.0603. The van der Waals surface area contributed by atoms with Gasteiger partial charge >= 0.3 is 5.97 Å². The molecule has 0 heterocycles. The van der Waals surface area contributed by atoms with Crippen molar-refractivity contribution in [3.05, 3.63) is 45.9 Å². The molecule has 17 heavy (non-hydrogen) atoms. The van der Waals surface area contributed by atoms with E-state index in [1.807, 2.05) is 24.3 Å². The standard InChI is InChI=1S/C13H8BrNO2/c1-17-13(16)11-6-8(7-15)12(14)10-5-3-2-4-9(10)11/h2-6H,1H3. The van der Waals surface area contributed by atoms with Crippen LogP contribution >= 0.6 is 15.9 Å². The van der Waals surface area contributed by atoms with E-state index in [1.54, 1.807) is 0 Å². The van der Waals surface area contributed by atoms with Crippen molar-refractivity contribution in [2.24, 2.45) is 0 Å². The smallest absolute Gasteiger partial charge is 0.338 e. The number of nitriles is 1. The Bertz CT molecular complexity index is 644. The van der Waals surface area contributed by atoms with E-state index < -0.39 is 5.97 Å². The number of rotatable bonds is 1. The summed E-state index contributed by atoms with van der Waals surface area (Å²) in [6, 6.07) is 11.0. The normalized spacial score (nSPS) is 9.94. The van der Waals surface area contributed by atoms with Gasteiger partial charge in [0, 0.05) is 4.47 Å². The molecule has 3 nitrogen and oxygen atoms in total. The molecule has 0 saturated carbocycles. The molecular formula is C13H8BrNO2. The minimum atomic E-state index is -0.440. The number of hydrogen-bond donors (Lipinski definition) is 0. The molecule has 4 heteroatoms. The van der Waals surface area contributed by atoms with Crippen molar-refractivity contribution in [1.29, 1.82) is 5.26 Å². The average molecular weight is 290 g/mol. The molecule has 0 unspecified atom stereocenters. The van der Waals surface area contributed by atoms with Crippen LogP contribution in [-0.2, 0) is 4.74 Å². The van der Waals surface area contributed by atoms with Gasteiger partial charge in [-0.25, -0.2) is 4.79 Å². The van der Waals surface area contributed by atoms with Gasteiger partial charge in [-0.15, -0.1) is 0 Å². The first-order valence-corrected chi connectivity index (χ1v) is 5.68.